The number of fused-ring (bicyclic) bond motifs is 3. The number of rotatable bonds is 5. The first-order valence-corrected chi connectivity index (χ1v) is 9.44. The van der Waals surface area contributed by atoms with Gasteiger partial charge in [-0.1, -0.05) is 18.2 Å². The molecule has 4 rings (SSSR count). The smallest absolute Gasteiger partial charge is 0.251 e. The summed E-state index contributed by atoms with van der Waals surface area (Å²) in [5.41, 5.74) is 2.56. The summed E-state index contributed by atoms with van der Waals surface area (Å²) in [6, 6.07) is 8.49. The fraction of sp³-hybridized carbons (Fsp3) is 0.273. The zero-order chi connectivity index (χ0) is 20.5. The summed E-state index contributed by atoms with van der Waals surface area (Å²) in [4.78, 5) is 22.8. The largest absolute Gasteiger partial charge is 0.550 e. The van der Waals surface area contributed by atoms with E-state index in [1.54, 1.807) is 18.2 Å². The zero-order valence-electron chi connectivity index (χ0n) is 15.5. The van der Waals surface area contributed by atoms with Gasteiger partial charge >= 0.3 is 0 Å². The maximum atomic E-state index is 14.4. The molecule has 0 radical (unpaired) electrons. The number of benzene rings is 2. The average molecular weight is 397 g/mol. The number of anilines is 1. The van der Waals surface area contributed by atoms with Gasteiger partial charge in [-0.2, -0.15) is 0 Å². The third-order valence-corrected chi connectivity index (χ3v) is 5.54. The van der Waals surface area contributed by atoms with E-state index in [0.29, 0.717) is 11.1 Å². The molecule has 2 aromatic carbocycles. The molecule has 0 fully saturated rings. The Morgan fingerprint density at radius 3 is 2.72 bits per heavy atom. The quantitative estimate of drug-likeness (QED) is 0.760. The third kappa shape index (κ3) is 3.72. The maximum absolute atomic E-state index is 14.4. The molecular weight excluding hydrogens is 378 g/mol. The van der Waals surface area contributed by atoms with E-state index in [1.165, 1.54) is 12.1 Å². The normalized spacial score (nSPS) is 21.8. The van der Waals surface area contributed by atoms with Gasteiger partial charge in [0.1, 0.15) is 11.6 Å². The number of carboxylic acid groups (broad SMARTS) is 1. The van der Waals surface area contributed by atoms with Crippen molar-refractivity contribution in [1.29, 1.82) is 0 Å². The zero-order valence-corrected chi connectivity index (χ0v) is 15.5. The molecule has 3 atom stereocenters. The number of carbonyl (C=O) groups is 2. The fourth-order valence-electron chi connectivity index (χ4n) is 4.18. The Labute approximate surface area is 166 Å². The van der Waals surface area contributed by atoms with Crippen LogP contribution in [-0.4, -0.2) is 18.4 Å². The molecule has 150 valence electrons. The van der Waals surface area contributed by atoms with Gasteiger partial charge in [-0.25, -0.2) is 8.78 Å². The standard InChI is InChI=1S/C22H20F2N2O3/c23-13-5-6-16(18(24)11-13)21-15-3-1-2-14(15)17-10-12(4-7-19(17)26-21)22(29)25-9-8-20(27)28/h1-2,4-7,10-11,14-15,21,26H,3,8-9H2,(H,25,29)(H,27,28)/p-1/t14-,15-,21-/m1/s1. The van der Waals surface area contributed by atoms with Crippen molar-refractivity contribution >= 4 is 17.6 Å². The summed E-state index contributed by atoms with van der Waals surface area (Å²) in [7, 11) is 0. The molecule has 29 heavy (non-hydrogen) atoms. The molecule has 7 heteroatoms. The molecule has 0 saturated heterocycles. The van der Waals surface area contributed by atoms with Gasteiger partial charge in [-0.05, 0) is 42.2 Å². The van der Waals surface area contributed by atoms with E-state index in [2.05, 4.69) is 16.7 Å². The highest BCUT2D eigenvalue weighted by Crippen LogP contribution is 2.50. The van der Waals surface area contributed by atoms with Crippen LogP contribution in [0.4, 0.5) is 14.5 Å². The molecule has 0 unspecified atom stereocenters. The van der Waals surface area contributed by atoms with Crippen molar-refractivity contribution in [2.75, 3.05) is 11.9 Å². The Hall–Kier alpha value is -3.22. The predicted molar refractivity (Wildman–Crippen MR) is 101 cm³/mol. The minimum atomic E-state index is -1.22. The monoisotopic (exact) mass is 397 g/mol. The highest BCUT2D eigenvalue weighted by molar-refractivity contribution is 5.95. The molecule has 0 aromatic heterocycles. The van der Waals surface area contributed by atoms with Crippen LogP contribution in [-0.2, 0) is 4.79 Å². The molecule has 1 amide bonds. The minimum Gasteiger partial charge on any atom is -0.550 e. The molecular formula is C22H19F2N2O3-. The molecule has 0 bridgehead atoms. The minimum absolute atomic E-state index is 0.00308. The molecule has 5 nitrogen and oxygen atoms in total. The van der Waals surface area contributed by atoms with Crippen LogP contribution in [0.2, 0.25) is 0 Å². The summed E-state index contributed by atoms with van der Waals surface area (Å²) < 4.78 is 27.7. The number of amides is 1. The van der Waals surface area contributed by atoms with Crippen LogP contribution in [0.25, 0.3) is 0 Å². The topological polar surface area (TPSA) is 81.3 Å². The van der Waals surface area contributed by atoms with Gasteiger partial charge in [-0.3, -0.25) is 4.79 Å². The number of halogens is 2. The number of carbonyl (C=O) groups excluding carboxylic acids is 2. The highest BCUT2D eigenvalue weighted by Gasteiger charge is 2.39. The van der Waals surface area contributed by atoms with Gasteiger partial charge in [0.05, 0.1) is 6.04 Å². The Kier molecular flexibility index (Phi) is 5.05. The second-order valence-corrected chi connectivity index (χ2v) is 7.32. The Bertz CT molecular complexity index is 1010. The van der Waals surface area contributed by atoms with Crippen molar-refractivity contribution in [2.24, 2.45) is 5.92 Å². The Morgan fingerprint density at radius 2 is 1.97 bits per heavy atom. The lowest BCUT2D eigenvalue weighted by Crippen LogP contribution is -2.32. The summed E-state index contributed by atoms with van der Waals surface area (Å²) in [6.07, 6.45) is 4.57. The number of aliphatic carboxylic acids is 1. The molecule has 2 aromatic rings. The van der Waals surface area contributed by atoms with Crippen molar-refractivity contribution in [2.45, 2.75) is 24.8 Å². The molecule has 1 aliphatic carbocycles. The number of hydrogen-bond acceptors (Lipinski definition) is 4. The van der Waals surface area contributed by atoms with Gasteiger partial charge in [0.2, 0.25) is 0 Å². The summed E-state index contributed by atoms with van der Waals surface area (Å²) in [6.45, 7) is -0.00558. The first kappa shape index (κ1) is 19.1. The maximum Gasteiger partial charge on any atom is 0.251 e. The van der Waals surface area contributed by atoms with Crippen LogP contribution in [0, 0.1) is 17.6 Å². The van der Waals surface area contributed by atoms with Gasteiger partial charge < -0.3 is 20.5 Å². The van der Waals surface area contributed by atoms with Crippen molar-refractivity contribution < 1.29 is 23.5 Å². The first-order valence-electron chi connectivity index (χ1n) is 9.44. The lowest BCUT2D eigenvalue weighted by molar-refractivity contribution is -0.305. The summed E-state index contributed by atoms with van der Waals surface area (Å²) in [5.74, 6) is -2.74. The van der Waals surface area contributed by atoms with E-state index in [9.17, 15) is 23.5 Å². The number of carboxylic acids is 1. The van der Waals surface area contributed by atoms with E-state index in [0.717, 1.165) is 23.7 Å². The van der Waals surface area contributed by atoms with E-state index in [4.69, 9.17) is 0 Å². The van der Waals surface area contributed by atoms with Crippen LogP contribution in [0.15, 0.2) is 48.6 Å². The van der Waals surface area contributed by atoms with E-state index in [1.807, 2.05) is 6.08 Å². The average Bonchev–Trinajstić information content (AvgIpc) is 3.17. The molecule has 0 spiro atoms. The second-order valence-electron chi connectivity index (χ2n) is 7.32. The Morgan fingerprint density at radius 1 is 1.14 bits per heavy atom. The van der Waals surface area contributed by atoms with Crippen molar-refractivity contribution in [3.05, 3.63) is 76.9 Å². The number of hydrogen-bond donors (Lipinski definition) is 2. The van der Waals surface area contributed by atoms with E-state index >= 15 is 0 Å². The lowest BCUT2D eigenvalue weighted by atomic mass is 9.76. The summed E-state index contributed by atoms with van der Waals surface area (Å²) in [5, 5.41) is 16.4. The first-order chi connectivity index (χ1) is 13.9. The van der Waals surface area contributed by atoms with Crippen LogP contribution < -0.4 is 15.7 Å². The van der Waals surface area contributed by atoms with Crippen LogP contribution in [0.1, 0.15) is 46.3 Å². The van der Waals surface area contributed by atoms with Crippen molar-refractivity contribution in [3.63, 3.8) is 0 Å². The summed E-state index contributed by atoms with van der Waals surface area (Å²) >= 11 is 0. The predicted octanol–water partition coefficient (Wildman–Crippen LogP) is 2.66. The Balaban J connectivity index is 1.61. The van der Waals surface area contributed by atoms with Gasteiger partial charge in [0.25, 0.3) is 5.91 Å². The van der Waals surface area contributed by atoms with Crippen LogP contribution in [0.5, 0.6) is 0 Å². The molecule has 1 aliphatic heterocycles. The molecule has 1 heterocycles. The van der Waals surface area contributed by atoms with E-state index in [-0.39, 0.29) is 36.8 Å². The van der Waals surface area contributed by atoms with Crippen molar-refractivity contribution in [1.82, 2.24) is 5.32 Å². The lowest BCUT2D eigenvalue weighted by Gasteiger charge is -2.37. The van der Waals surface area contributed by atoms with Crippen LogP contribution in [0.3, 0.4) is 0 Å². The van der Waals surface area contributed by atoms with Crippen molar-refractivity contribution in [3.8, 4) is 0 Å². The SMILES string of the molecule is O=C([O-])CCNC(=O)c1ccc2c(c1)[C@@H]1C=CC[C@H]1[C@H](c1ccc(F)cc1F)N2. The van der Waals surface area contributed by atoms with Gasteiger partial charge in [-0.15, -0.1) is 0 Å². The second kappa shape index (κ2) is 7.66. The number of nitrogens with one attached hydrogen (secondary N) is 2. The fourth-order valence-corrected chi connectivity index (χ4v) is 4.18. The molecule has 0 saturated carbocycles. The van der Waals surface area contributed by atoms with Gasteiger partial charge in [0, 0.05) is 47.7 Å². The molecule has 2 N–H and O–H groups in total. The third-order valence-electron chi connectivity index (χ3n) is 5.54. The van der Waals surface area contributed by atoms with E-state index < -0.39 is 17.6 Å². The highest BCUT2D eigenvalue weighted by atomic mass is 19.1. The van der Waals surface area contributed by atoms with Crippen LogP contribution >= 0.6 is 0 Å². The number of allylic oxidation sites excluding steroid dienone is 2. The molecule has 2 aliphatic rings. The van der Waals surface area contributed by atoms with Gasteiger partial charge in [0.15, 0.2) is 0 Å².